The maximum atomic E-state index is 12.4. The van der Waals surface area contributed by atoms with Gasteiger partial charge in [-0.25, -0.2) is 4.79 Å². The highest BCUT2D eigenvalue weighted by atomic mass is 16.7. The second-order valence-corrected chi connectivity index (χ2v) is 5.63. The summed E-state index contributed by atoms with van der Waals surface area (Å²) in [7, 11) is 1.57. The van der Waals surface area contributed by atoms with Gasteiger partial charge in [-0.2, -0.15) is 0 Å². The fourth-order valence-corrected chi connectivity index (χ4v) is 3.44. The van der Waals surface area contributed by atoms with Gasteiger partial charge in [-0.05, 0) is 13.3 Å². The topological polar surface area (TPSA) is 61.8 Å². The Morgan fingerprint density at radius 1 is 1.26 bits per heavy atom. The molecule has 5 nitrogen and oxygen atoms in total. The fraction of sp³-hybridized carbons (Fsp3) is 0.714. The summed E-state index contributed by atoms with van der Waals surface area (Å²) in [6.07, 6.45) is 2.87. The van der Waals surface area contributed by atoms with Gasteiger partial charge in [0.25, 0.3) is 0 Å². The zero-order chi connectivity index (χ0) is 13.7. The molecular weight excluding hydrogens is 248 g/mol. The molecule has 1 fully saturated rings. The highest BCUT2D eigenvalue weighted by Gasteiger charge is 2.61. The van der Waals surface area contributed by atoms with Crippen LogP contribution < -0.4 is 0 Å². The normalized spacial score (nSPS) is 38.2. The summed E-state index contributed by atoms with van der Waals surface area (Å²) in [4.78, 5) is 24.2. The zero-order valence-electron chi connectivity index (χ0n) is 11.3. The minimum absolute atomic E-state index is 0.102. The van der Waals surface area contributed by atoms with Gasteiger partial charge in [0, 0.05) is 32.8 Å². The van der Waals surface area contributed by atoms with Crippen molar-refractivity contribution < 1.29 is 23.8 Å². The molecule has 0 N–H and O–H groups in total. The van der Waals surface area contributed by atoms with Crippen molar-refractivity contribution in [2.75, 3.05) is 13.7 Å². The van der Waals surface area contributed by atoms with Crippen LogP contribution in [0.5, 0.6) is 0 Å². The summed E-state index contributed by atoms with van der Waals surface area (Å²) in [6, 6.07) is 0. The number of rotatable bonds is 1. The first-order valence-electron chi connectivity index (χ1n) is 6.69. The minimum Gasteiger partial charge on any atom is -0.465 e. The summed E-state index contributed by atoms with van der Waals surface area (Å²) in [5.74, 6) is -0.528. The van der Waals surface area contributed by atoms with Crippen LogP contribution in [-0.2, 0) is 23.8 Å². The van der Waals surface area contributed by atoms with Crippen LogP contribution in [0.25, 0.3) is 0 Å². The number of ether oxygens (including phenoxy) is 3. The Hall–Kier alpha value is -1.36. The molecule has 104 valence electrons. The maximum Gasteiger partial charge on any atom is 0.337 e. The van der Waals surface area contributed by atoms with Crippen molar-refractivity contribution in [3.63, 3.8) is 0 Å². The number of Topliss-reactive ketones (excluding diaryl/α,β-unsaturated/α-hetero) is 1. The van der Waals surface area contributed by atoms with E-state index in [-0.39, 0.29) is 11.8 Å². The first-order chi connectivity index (χ1) is 9.02. The van der Waals surface area contributed by atoms with E-state index < -0.39 is 11.2 Å². The molecule has 0 bridgehead atoms. The van der Waals surface area contributed by atoms with Crippen LogP contribution >= 0.6 is 0 Å². The molecule has 1 saturated carbocycles. The molecule has 3 aliphatic rings. The van der Waals surface area contributed by atoms with E-state index in [9.17, 15) is 9.59 Å². The molecule has 2 atom stereocenters. The first kappa shape index (κ1) is 12.7. The molecule has 2 unspecified atom stereocenters. The summed E-state index contributed by atoms with van der Waals surface area (Å²) < 4.78 is 16.7. The Labute approximate surface area is 111 Å². The number of cyclic esters (lactones) is 1. The van der Waals surface area contributed by atoms with Crippen molar-refractivity contribution in [2.45, 2.75) is 44.8 Å². The number of ketones is 1. The summed E-state index contributed by atoms with van der Waals surface area (Å²) >= 11 is 0. The van der Waals surface area contributed by atoms with Gasteiger partial charge in [-0.1, -0.05) is 0 Å². The average molecular weight is 266 g/mol. The number of hydrogen-bond acceptors (Lipinski definition) is 5. The number of carbonyl (C=O) groups is 2. The fourth-order valence-electron chi connectivity index (χ4n) is 3.44. The van der Waals surface area contributed by atoms with Gasteiger partial charge in [0.05, 0.1) is 17.6 Å². The molecule has 3 rings (SSSR count). The van der Waals surface area contributed by atoms with Crippen LogP contribution in [0.3, 0.4) is 0 Å². The Balaban J connectivity index is 2.08. The number of carbonyl (C=O) groups excluding carboxylic acids is 2. The van der Waals surface area contributed by atoms with Crippen molar-refractivity contribution in [3.05, 3.63) is 11.3 Å². The monoisotopic (exact) mass is 266 g/mol. The zero-order valence-corrected chi connectivity index (χ0v) is 11.3. The third-order valence-electron chi connectivity index (χ3n) is 4.66. The Kier molecular flexibility index (Phi) is 2.71. The van der Waals surface area contributed by atoms with E-state index in [4.69, 9.17) is 14.2 Å². The number of fused-ring (bicyclic) bond motifs is 1. The van der Waals surface area contributed by atoms with Crippen LogP contribution in [-0.4, -0.2) is 31.3 Å². The molecule has 0 saturated heterocycles. The quantitative estimate of drug-likeness (QED) is 0.676. The van der Waals surface area contributed by atoms with Gasteiger partial charge in [0.1, 0.15) is 11.5 Å². The molecule has 0 aromatic rings. The summed E-state index contributed by atoms with van der Waals surface area (Å²) in [5.41, 5.74) is -0.286. The molecule has 2 aliphatic heterocycles. The van der Waals surface area contributed by atoms with Gasteiger partial charge >= 0.3 is 5.97 Å². The molecule has 0 aromatic heterocycles. The first-order valence-corrected chi connectivity index (χ1v) is 6.69. The molecule has 0 spiro atoms. The van der Waals surface area contributed by atoms with Crippen LogP contribution in [0.2, 0.25) is 0 Å². The number of hydrogen-bond donors (Lipinski definition) is 0. The molecule has 0 radical (unpaired) electrons. The van der Waals surface area contributed by atoms with Crippen molar-refractivity contribution >= 4 is 11.8 Å². The lowest BCUT2D eigenvalue weighted by Crippen LogP contribution is -2.59. The second kappa shape index (κ2) is 4.07. The Bertz CT molecular complexity index is 480. The molecule has 19 heavy (non-hydrogen) atoms. The predicted octanol–water partition coefficient (Wildman–Crippen LogP) is 1.71. The van der Waals surface area contributed by atoms with Gasteiger partial charge < -0.3 is 14.2 Å². The summed E-state index contributed by atoms with van der Waals surface area (Å²) in [5, 5.41) is 0. The van der Waals surface area contributed by atoms with E-state index in [0.29, 0.717) is 43.6 Å². The molecule has 0 aromatic carbocycles. The maximum absolute atomic E-state index is 12.4. The molecular formula is C14H18O5. The van der Waals surface area contributed by atoms with Crippen LogP contribution in [0.15, 0.2) is 11.3 Å². The number of methoxy groups -OCH3 is 1. The molecule has 0 amide bonds. The van der Waals surface area contributed by atoms with Crippen molar-refractivity contribution in [3.8, 4) is 0 Å². The lowest BCUT2D eigenvalue weighted by molar-refractivity contribution is -0.280. The lowest BCUT2D eigenvalue weighted by atomic mass is 9.64. The highest BCUT2D eigenvalue weighted by molar-refractivity contribution is 5.94. The third-order valence-corrected chi connectivity index (χ3v) is 4.66. The van der Waals surface area contributed by atoms with E-state index in [0.717, 1.165) is 6.42 Å². The standard InChI is InChI=1S/C14H18O5/c1-13-8-9-10(5-7-18-12(9)16)19-14(13,17-2)6-3-4-11(13)15/h3-8H2,1-2H3. The minimum atomic E-state index is -0.918. The van der Waals surface area contributed by atoms with E-state index in [1.165, 1.54) is 0 Å². The van der Waals surface area contributed by atoms with Gasteiger partial charge in [-0.3, -0.25) is 4.79 Å². The third kappa shape index (κ3) is 1.57. The van der Waals surface area contributed by atoms with Crippen molar-refractivity contribution in [1.29, 1.82) is 0 Å². The van der Waals surface area contributed by atoms with Gasteiger partial charge in [-0.15, -0.1) is 0 Å². The second-order valence-electron chi connectivity index (χ2n) is 5.63. The Morgan fingerprint density at radius 2 is 2.05 bits per heavy atom. The SMILES string of the molecule is COC12CCCC(=O)C1(C)CC1=C(CCOC1=O)O2. The van der Waals surface area contributed by atoms with Gasteiger partial charge in [0.15, 0.2) is 0 Å². The van der Waals surface area contributed by atoms with E-state index in [1.807, 2.05) is 6.92 Å². The van der Waals surface area contributed by atoms with E-state index in [2.05, 4.69) is 0 Å². The van der Waals surface area contributed by atoms with Crippen LogP contribution in [0, 0.1) is 5.41 Å². The predicted molar refractivity (Wildman–Crippen MR) is 65.0 cm³/mol. The van der Waals surface area contributed by atoms with E-state index >= 15 is 0 Å². The highest BCUT2D eigenvalue weighted by Crippen LogP contribution is 2.54. The van der Waals surface area contributed by atoms with Crippen molar-refractivity contribution in [2.24, 2.45) is 5.41 Å². The molecule has 2 heterocycles. The smallest absolute Gasteiger partial charge is 0.337 e. The van der Waals surface area contributed by atoms with Crippen molar-refractivity contribution in [1.82, 2.24) is 0 Å². The molecule has 5 heteroatoms. The van der Waals surface area contributed by atoms with Crippen LogP contribution in [0.4, 0.5) is 0 Å². The largest absolute Gasteiger partial charge is 0.465 e. The lowest BCUT2D eigenvalue weighted by Gasteiger charge is -2.52. The summed E-state index contributed by atoms with van der Waals surface area (Å²) in [6.45, 7) is 2.17. The van der Waals surface area contributed by atoms with E-state index in [1.54, 1.807) is 7.11 Å². The Morgan fingerprint density at radius 3 is 2.79 bits per heavy atom. The molecule has 1 aliphatic carbocycles. The number of esters is 1. The van der Waals surface area contributed by atoms with Gasteiger partial charge in [0.2, 0.25) is 5.79 Å². The van der Waals surface area contributed by atoms with Crippen LogP contribution in [0.1, 0.15) is 39.0 Å². The average Bonchev–Trinajstić information content (AvgIpc) is 2.39.